The van der Waals surface area contributed by atoms with Gasteiger partial charge < -0.3 is 0 Å². The van der Waals surface area contributed by atoms with Crippen LogP contribution < -0.4 is 0 Å². The number of benzene rings is 2. The van der Waals surface area contributed by atoms with Crippen molar-refractivity contribution in [1.29, 1.82) is 0 Å². The first-order valence-corrected chi connectivity index (χ1v) is 6.86. The van der Waals surface area contributed by atoms with Crippen molar-refractivity contribution in [2.24, 2.45) is 0 Å². The second kappa shape index (κ2) is 5.27. The van der Waals surface area contributed by atoms with Gasteiger partial charge in [-0.25, -0.2) is 0 Å². The summed E-state index contributed by atoms with van der Waals surface area (Å²) in [6.07, 6.45) is 4.67. The summed E-state index contributed by atoms with van der Waals surface area (Å²) >= 11 is 0. The molecule has 0 unspecified atom stereocenters. The molecule has 0 heterocycles. The fraction of sp³-hybridized carbons (Fsp3) is 0.158. The van der Waals surface area contributed by atoms with Crippen molar-refractivity contribution in [2.75, 3.05) is 0 Å². The van der Waals surface area contributed by atoms with Gasteiger partial charge in [-0.3, -0.25) is 0 Å². The predicted molar refractivity (Wildman–Crippen MR) is 82.7 cm³/mol. The van der Waals surface area contributed by atoms with E-state index in [1.54, 1.807) is 0 Å². The van der Waals surface area contributed by atoms with Crippen LogP contribution in [-0.2, 0) is 0 Å². The van der Waals surface area contributed by atoms with Crippen LogP contribution in [0.5, 0.6) is 0 Å². The molecule has 0 radical (unpaired) electrons. The smallest absolute Gasteiger partial charge is 0.0184 e. The maximum absolute atomic E-state index is 2.36. The zero-order chi connectivity index (χ0) is 13.1. The van der Waals surface area contributed by atoms with Crippen molar-refractivity contribution in [3.8, 4) is 0 Å². The summed E-state index contributed by atoms with van der Waals surface area (Å²) in [5.41, 5.74) is 7.01. The Hall–Kier alpha value is -2.08. The highest BCUT2D eigenvalue weighted by Gasteiger charge is 2.12. The van der Waals surface area contributed by atoms with E-state index in [0.717, 1.165) is 12.8 Å². The Balaban J connectivity index is 2.03. The van der Waals surface area contributed by atoms with Gasteiger partial charge in [0.25, 0.3) is 0 Å². The van der Waals surface area contributed by atoms with Crippen molar-refractivity contribution < 1.29 is 0 Å². The molecule has 0 heteroatoms. The molecule has 2 aromatic carbocycles. The lowest BCUT2D eigenvalue weighted by Gasteiger charge is -2.18. The zero-order valence-electron chi connectivity index (χ0n) is 11.3. The Morgan fingerprint density at radius 2 is 1.26 bits per heavy atom. The van der Waals surface area contributed by atoms with Crippen molar-refractivity contribution in [3.63, 3.8) is 0 Å². The standard InChI is InChI=1S/C19H18/c1-15-12-13-18(16-8-4-2-5-9-16)14-19(15)17-10-6-3-7-11-17/h2-11,14H,12-13H2,1H3. The molecule has 3 rings (SSSR count). The minimum absolute atomic E-state index is 1.15. The highest BCUT2D eigenvalue weighted by molar-refractivity contribution is 5.87. The third kappa shape index (κ3) is 2.53. The summed E-state index contributed by atoms with van der Waals surface area (Å²) in [5, 5.41) is 0. The van der Waals surface area contributed by atoms with Gasteiger partial charge in [0.15, 0.2) is 0 Å². The maximum atomic E-state index is 2.36. The van der Waals surface area contributed by atoms with E-state index in [-0.39, 0.29) is 0 Å². The molecule has 19 heavy (non-hydrogen) atoms. The fourth-order valence-corrected chi connectivity index (χ4v) is 2.65. The van der Waals surface area contributed by atoms with Gasteiger partial charge in [-0.1, -0.05) is 72.3 Å². The topological polar surface area (TPSA) is 0 Å². The number of allylic oxidation sites excluding steroid dienone is 4. The van der Waals surface area contributed by atoms with E-state index in [4.69, 9.17) is 0 Å². The molecule has 0 aliphatic heterocycles. The second-order valence-electron chi connectivity index (χ2n) is 5.10. The Bertz CT molecular complexity index is 616. The SMILES string of the molecule is CC1=C(c2ccccc2)C=C(c2ccccc2)CC1. The van der Waals surface area contributed by atoms with Crippen molar-refractivity contribution in [3.05, 3.63) is 83.4 Å². The van der Waals surface area contributed by atoms with E-state index >= 15 is 0 Å². The quantitative estimate of drug-likeness (QED) is 0.671. The van der Waals surface area contributed by atoms with Crippen LogP contribution in [0.4, 0.5) is 0 Å². The molecule has 1 aliphatic carbocycles. The van der Waals surface area contributed by atoms with Crippen molar-refractivity contribution in [1.82, 2.24) is 0 Å². The largest absolute Gasteiger partial charge is 0.0651 e. The Morgan fingerprint density at radius 1 is 0.684 bits per heavy atom. The molecule has 94 valence electrons. The first kappa shape index (κ1) is 12.0. The van der Waals surface area contributed by atoms with Crippen LogP contribution in [0.15, 0.2) is 72.3 Å². The maximum Gasteiger partial charge on any atom is -0.0184 e. The van der Waals surface area contributed by atoms with E-state index in [1.165, 1.54) is 27.8 Å². The van der Waals surface area contributed by atoms with Gasteiger partial charge in [-0.05, 0) is 42.0 Å². The van der Waals surface area contributed by atoms with E-state index < -0.39 is 0 Å². The van der Waals surface area contributed by atoms with Gasteiger partial charge in [0.05, 0.1) is 0 Å². The van der Waals surface area contributed by atoms with E-state index in [0.29, 0.717) is 0 Å². The minimum Gasteiger partial charge on any atom is -0.0651 e. The van der Waals surface area contributed by atoms with Crippen LogP contribution in [-0.4, -0.2) is 0 Å². The lowest BCUT2D eigenvalue weighted by molar-refractivity contribution is 0.982. The van der Waals surface area contributed by atoms with Gasteiger partial charge in [0, 0.05) is 0 Å². The molecule has 0 nitrogen and oxygen atoms in total. The summed E-state index contributed by atoms with van der Waals surface area (Å²) in [6, 6.07) is 21.4. The zero-order valence-corrected chi connectivity index (χ0v) is 11.3. The summed E-state index contributed by atoms with van der Waals surface area (Å²) < 4.78 is 0. The van der Waals surface area contributed by atoms with E-state index in [1.807, 2.05) is 0 Å². The van der Waals surface area contributed by atoms with Gasteiger partial charge in [-0.15, -0.1) is 0 Å². The molecule has 0 amide bonds. The minimum atomic E-state index is 1.15. The van der Waals surface area contributed by atoms with Crippen LogP contribution >= 0.6 is 0 Å². The fourth-order valence-electron chi connectivity index (χ4n) is 2.65. The van der Waals surface area contributed by atoms with E-state index in [9.17, 15) is 0 Å². The number of rotatable bonds is 2. The summed E-state index contributed by atoms with van der Waals surface area (Å²) in [4.78, 5) is 0. The molecule has 1 aliphatic rings. The highest BCUT2D eigenvalue weighted by atomic mass is 14.2. The van der Waals surface area contributed by atoms with Gasteiger partial charge in [0.1, 0.15) is 0 Å². The van der Waals surface area contributed by atoms with Crippen molar-refractivity contribution in [2.45, 2.75) is 19.8 Å². The van der Waals surface area contributed by atoms with Gasteiger partial charge in [-0.2, -0.15) is 0 Å². The first-order chi connectivity index (χ1) is 9.34. The monoisotopic (exact) mass is 246 g/mol. The highest BCUT2D eigenvalue weighted by Crippen LogP contribution is 2.34. The average molecular weight is 246 g/mol. The molecule has 0 fully saturated rings. The molecule has 0 aromatic heterocycles. The third-order valence-corrected chi connectivity index (χ3v) is 3.78. The number of hydrogen-bond acceptors (Lipinski definition) is 0. The molecule has 0 saturated heterocycles. The lowest BCUT2D eigenvalue weighted by atomic mass is 9.86. The van der Waals surface area contributed by atoms with Crippen molar-refractivity contribution >= 4 is 11.1 Å². The molecule has 2 aromatic rings. The molecule has 0 saturated carbocycles. The lowest BCUT2D eigenvalue weighted by Crippen LogP contribution is -1.97. The second-order valence-corrected chi connectivity index (χ2v) is 5.10. The molecule has 0 atom stereocenters. The summed E-state index contributed by atoms with van der Waals surface area (Å²) in [7, 11) is 0. The molecule has 0 spiro atoms. The van der Waals surface area contributed by atoms with Gasteiger partial charge >= 0.3 is 0 Å². The number of hydrogen-bond donors (Lipinski definition) is 0. The molecule has 0 bridgehead atoms. The van der Waals surface area contributed by atoms with Crippen LogP contribution in [0.1, 0.15) is 30.9 Å². The third-order valence-electron chi connectivity index (χ3n) is 3.78. The Morgan fingerprint density at radius 3 is 1.89 bits per heavy atom. The van der Waals surface area contributed by atoms with Crippen LogP contribution in [0.25, 0.3) is 11.1 Å². The molecule has 0 N–H and O–H groups in total. The summed E-state index contributed by atoms with van der Waals surface area (Å²) in [6.45, 7) is 2.25. The summed E-state index contributed by atoms with van der Waals surface area (Å²) in [5.74, 6) is 0. The molecular formula is C19H18. The Labute approximate surface area is 115 Å². The molecular weight excluding hydrogens is 228 g/mol. The Kier molecular flexibility index (Phi) is 3.33. The van der Waals surface area contributed by atoms with E-state index in [2.05, 4.69) is 73.7 Å². The normalized spacial score (nSPS) is 15.3. The average Bonchev–Trinajstić information content (AvgIpc) is 2.49. The van der Waals surface area contributed by atoms with Crippen LogP contribution in [0.3, 0.4) is 0 Å². The van der Waals surface area contributed by atoms with Gasteiger partial charge in [0.2, 0.25) is 0 Å². The predicted octanol–water partition coefficient (Wildman–Crippen LogP) is 5.34. The van der Waals surface area contributed by atoms with Crippen LogP contribution in [0, 0.1) is 0 Å². The first-order valence-electron chi connectivity index (χ1n) is 6.86. The van der Waals surface area contributed by atoms with Crippen LogP contribution in [0.2, 0.25) is 0 Å².